The number of benzene rings is 1. The van der Waals surface area contributed by atoms with Crippen molar-refractivity contribution >= 4 is 17.3 Å². The van der Waals surface area contributed by atoms with E-state index in [-0.39, 0.29) is 6.10 Å². The summed E-state index contributed by atoms with van der Waals surface area (Å²) in [5.74, 6) is -0.471. The third-order valence-corrected chi connectivity index (χ3v) is 2.82. The van der Waals surface area contributed by atoms with E-state index in [4.69, 9.17) is 11.5 Å². The van der Waals surface area contributed by atoms with Crippen LogP contribution in [-0.4, -0.2) is 30.2 Å². The maximum atomic E-state index is 11.1. The Morgan fingerprint density at radius 2 is 2.25 bits per heavy atom. The normalized spacial score (nSPS) is 20.1. The van der Waals surface area contributed by atoms with Gasteiger partial charge >= 0.3 is 0 Å². The Balaban J connectivity index is 2.32. The average Bonchev–Trinajstić information content (AvgIpc) is 2.65. The highest BCUT2D eigenvalue weighted by atomic mass is 16.3. The van der Waals surface area contributed by atoms with Crippen molar-refractivity contribution < 1.29 is 9.90 Å². The zero-order chi connectivity index (χ0) is 11.7. The summed E-state index contributed by atoms with van der Waals surface area (Å²) in [6.45, 7) is 1.29. The van der Waals surface area contributed by atoms with E-state index in [1.807, 2.05) is 4.90 Å². The maximum absolute atomic E-state index is 11.1. The number of aliphatic hydroxyl groups is 1. The highest BCUT2D eigenvalue weighted by Crippen LogP contribution is 2.27. The second-order valence-corrected chi connectivity index (χ2v) is 4.03. The monoisotopic (exact) mass is 221 g/mol. The van der Waals surface area contributed by atoms with Gasteiger partial charge in [-0.25, -0.2) is 0 Å². The second kappa shape index (κ2) is 4.02. The van der Waals surface area contributed by atoms with Gasteiger partial charge in [0.2, 0.25) is 5.91 Å². The van der Waals surface area contributed by atoms with Crippen molar-refractivity contribution in [3.8, 4) is 0 Å². The van der Waals surface area contributed by atoms with Gasteiger partial charge in [-0.2, -0.15) is 0 Å². The van der Waals surface area contributed by atoms with Gasteiger partial charge in [0.15, 0.2) is 0 Å². The highest BCUT2D eigenvalue weighted by molar-refractivity contribution is 5.95. The van der Waals surface area contributed by atoms with Crippen molar-refractivity contribution in [2.24, 2.45) is 5.73 Å². The van der Waals surface area contributed by atoms with E-state index >= 15 is 0 Å². The number of nitrogens with zero attached hydrogens (tertiary/aromatic N) is 1. The lowest BCUT2D eigenvalue weighted by atomic mass is 10.1. The van der Waals surface area contributed by atoms with Crippen molar-refractivity contribution in [1.29, 1.82) is 0 Å². The summed E-state index contributed by atoms with van der Waals surface area (Å²) in [6, 6.07) is 4.95. The molecule has 5 nitrogen and oxygen atoms in total. The first-order chi connectivity index (χ1) is 7.58. The Kier molecular flexibility index (Phi) is 2.70. The third-order valence-electron chi connectivity index (χ3n) is 2.82. The van der Waals surface area contributed by atoms with Crippen LogP contribution in [0.5, 0.6) is 0 Å². The number of carbonyl (C=O) groups excluding carboxylic acids is 1. The number of aliphatic hydroxyl groups excluding tert-OH is 1. The summed E-state index contributed by atoms with van der Waals surface area (Å²) < 4.78 is 0. The average molecular weight is 221 g/mol. The third kappa shape index (κ3) is 1.94. The molecule has 5 heteroatoms. The van der Waals surface area contributed by atoms with E-state index in [1.165, 1.54) is 0 Å². The SMILES string of the molecule is NC(=O)c1ccc(N)c(N2CCC(O)C2)c1. The van der Waals surface area contributed by atoms with Crippen molar-refractivity contribution in [3.63, 3.8) is 0 Å². The first-order valence-corrected chi connectivity index (χ1v) is 5.20. The number of amides is 1. The molecule has 1 atom stereocenters. The molecule has 1 unspecified atom stereocenters. The van der Waals surface area contributed by atoms with Crippen molar-refractivity contribution in [2.45, 2.75) is 12.5 Å². The molecule has 0 bridgehead atoms. The molecule has 0 aromatic heterocycles. The van der Waals surface area contributed by atoms with Crippen molar-refractivity contribution in [2.75, 3.05) is 23.7 Å². The Bertz CT molecular complexity index is 420. The first kappa shape index (κ1) is 10.8. The molecule has 0 saturated carbocycles. The molecule has 0 aliphatic carbocycles. The molecule has 1 aliphatic heterocycles. The highest BCUT2D eigenvalue weighted by Gasteiger charge is 2.22. The number of nitrogen functional groups attached to an aromatic ring is 1. The molecule has 1 fully saturated rings. The van der Waals surface area contributed by atoms with Crippen LogP contribution in [0.2, 0.25) is 0 Å². The van der Waals surface area contributed by atoms with Crippen LogP contribution in [0.4, 0.5) is 11.4 Å². The fourth-order valence-corrected chi connectivity index (χ4v) is 1.93. The molecule has 1 aliphatic rings. The second-order valence-electron chi connectivity index (χ2n) is 4.03. The summed E-state index contributed by atoms with van der Waals surface area (Å²) in [7, 11) is 0. The number of primary amides is 1. The summed E-state index contributed by atoms with van der Waals surface area (Å²) in [5.41, 5.74) is 12.9. The zero-order valence-electron chi connectivity index (χ0n) is 8.89. The Labute approximate surface area is 93.6 Å². The minimum atomic E-state index is -0.471. The molecule has 1 aromatic carbocycles. The molecule has 1 amide bonds. The fourth-order valence-electron chi connectivity index (χ4n) is 1.93. The van der Waals surface area contributed by atoms with Crippen LogP contribution in [0.1, 0.15) is 16.8 Å². The van der Waals surface area contributed by atoms with Gasteiger partial charge in [0.05, 0.1) is 17.5 Å². The summed E-state index contributed by atoms with van der Waals surface area (Å²) >= 11 is 0. The number of carbonyl (C=O) groups is 1. The topological polar surface area (TPSA) is 92.6 Å². The van der Waals surface area contributed by atoms with E-state index in [0.29, 0.717) is 17.8 Å². The smallest absolute Gasteiger partial charge is 0.248 e. The zero-order valence-corrected chi connectivity index (χ0v) is 8.89. The van der Waals surface area contributed by atoms with Crippen LogP contribution in [-0.2, 0) is 0 Å². The number of nitrogens with two attached hydrogens (primary N) is 2. The summed E-state index contributed by atoms with van der Waals surface area (Å²) in [4.78, 5) is 13.0. The fraction of sp³-hybridized carbons (Fsp3) is 0.364. The van der Waals surface area contributed by atoms with E-state index in [1.54, 1.807) is 18.2 Å². The lowest BCUT2D eigenvalue weighted by Crippen LogP contribution is -2.23. The minimum Gasteiger partial charge on any atom is -0.397 e. The van der Waals surface area contributed by atoms with E-state index < -0.39 is 5.91 Å². The van der Waals surface area contributed by atoms with E-state index in [2.05, 4.69) is 0 Å². The number of anilines is 2. The standard InChI is InChI=1S/C11H15N3O2/c12-9-2-1-7(11(13)16)5-10(9)14-4-3-8(15)6-14/h1-2,5,8,15H,3-4,6,12H2,(H2,13,16). The van der Waals surface area contributed by atoms with Crippen LogP contribution >= 0.6 is 0 Å². The Morgan fingerprint density at radius 3 is 2.81 bits per heavy atom. The molecule has 16 heavy (non-hydrogen) atoms. The molecule has 1 heterocycles. The molecular weight excluding hydrogens is 206 g/mol. The van der Waals surface area contributed by atoms with Crippen LogP contribution in [0.25, 0.3) is 0 Å². The minimum absolute atomic E-state index is 0.323. The largest absolute Gasteiger partial charge is 0.397 e. The van der Waals surface area contributed by atoms with Gasteiger partial charge in [0, 0.05) is 18.7 Å². The summed E-state index contributed by atoms with van der Waals surface area (Å²) in [6.07, 6.45) is 0.400. The van der Waals surface area contributed by atoms with Gasteiger partial charge in [-0.05, 0) is 24.6 Å². The van der Waals surface area contributed by atoms with Gasteiger partial charge in [-0.3, -0.25) is 4.79 Å². The summed E-state index contributed by atoms with van der Waals surface area (Å²) in [5, 5.41) is 9.46. The van der Waals surface area contributed by atoms with Gasteiger partial charge in [0.25, 0.3) is 0 Å². The van der Waals surface area contributed by atoms with Crippen LogP contribution in [0.3, 0.4) is 0 Å². The van der Waals surface area contributed by atoms with Gasteiger partial charge in [-0.15, -0.1) is 0 Å². The number of hydrogen-bond donors (Lipinski definition) is 3. The lowest BCUT2D eigenvalue weighted by molar-refractivity contribution is 0.100. The number of β-amino-alcohol motifs (C(OH)–C–C–N with tert-alkyl or cyclic N) is 1. The van der Waals surface area contributed by atoms with Gasteiger partial charge < -0.3 is 21.5 Å². The molecule has 0 radical (unpaired) electrons. The molecule has 5 N–H and O–H groups in total. The Hall–Kier alpha value is -1.75. The van der Waals surface area contributed by atoms with Crippen molar-refractivity contribution in [1.82, 2.24) is 0 Å². The lowest BCUT2D eigenvalue weighted by Gasteiger charge is -2.20. The molecule has 0 spiro atoms. The van der Waals surface area contributed by atoms with Crippen LogP contribution in [0, 0.1) is 0 Å². The maximum Gasteiger partial charge on any atom is 0.248 e. The van der Waals surface area contributed by atoms with Crippen molar-refractivity contribution in [3.05, 3.63) is 23.8 Å². The Morgan fingerprint density at radius 1 is 1.50 bits per heavy atom. The predicted octanol–water partition coefficient (Wildman–Crippen LogP) is -0.0613. The molecule has 2 rings (SSSR count). The van der Waals surface area contributed by atoms with E-state index in [0.717, 1.165) is 18.7 Å². The molecule has 1 saturated heterocycles. The number of hydrogen-bond acceptors (Lipinski definition) is 4. The molecule has 86 valence electrons. The predicted molar refractivity (Wildman–Crippen MR) is 62.2 cm³/mol. The van der Waals surface area contributed by atoms with Crippen LogP contribution < -0.4 is 16.4 Å². The van der Waals surface area contributed by atoms with E-state index in [9.17, 15) is 9.90 Å². The van der Waals surface area contributed by atoms with Gasteiger partial charge in [-0.1, -0.05) is 0 Å². The first-order valence-electron chi connectivity index (χ1n) is 5.20. The quantitative estimate of drug-likeness (QED) is 0.610. The molecule has 1 aromatic rings. The number of rotatable bonds is 2. The molecular formula is C11H15N3O2. The van der Waals surface area contributed by atoms with Crippen LogP contribution in [0.15, 0.2) is 18.2 Å². The van der Waals surface area contributed by atoms with Gasteiger partial charge in [0.1, 0.15) is 0 Å².